The summed E-state index contributed by atoms with van der Waals surface area (Å²) >= 11 is 0. The molecule has 0 amide bonds. The van der Waals surface area contributed by atoms with E-state index < -0.39 is 0 Å². The van der Waals surface area contributed by atoms with Gasteiger partial charge in [-0.05, 0) is 30.5 Å². The molecule has 0 fully saturated rings. The fourth-order valence-electron chi connectivity index (χ4n) is 1.94. The van der Waals surface area contributed by atoms with E-state index >= 15 is 0 Å². The van der Waals surface area contributed by atoms with Crippen molar-refractivity contribution in [1.82, 2.24) is 0 Å². The number of ketones is 1. The van der Waals surface area contributed by atoms with Crippen molar-refractivity contribution in [3.63, 3.8) is 0 Å². The monoisotopic (exact) mass is 268 g/mol. The van der Waals surface area contributed by atoms with Crippen LogP contribution >= 0.6 is 0 Å². The number of ether oxygens (including phenoxy) is 1. The van der Waals surface area contributed by atoms with Crippen LogP contribution in [-0.4, -0.2) is 12.4 Å². The first-order chi connectivity index (χ1) is 9.56. The molecular weight excluding hydrogens is 248 g/mol. The molecule has 0 aliphatic heterocycles. The summed E-state index contributed by atoms with van der Waals surface area (Å²) in [6.07, 6.45) is 0. The van der Waals surface area contributed by atoms with E-state index in [1.165, 1.54) is 5.56 Å². The first kappa shape index (κ1) is 14.3. The Morgan fingerprint density at radius 2 is 1.80 bits per heavy atom. The minimum Gasteiger partial charge on any atom is -0.485 e. The van der Waals surface area contributed by atoms with E-state index in [4.69, 9.17) is 4.74 Å². The average molecular weight is 268 g/mol. The van der Waals surface area contributed by atoms with Crippen LogP contribution in [0.25, 0.3) is 0 Å². The van der Waals surface area contributed by atoms with E-state index in [1.54, 1.807) is 0 Å². The maximum absolute atomic E-state index is 12.0. The molecule has 0 unspecified atom stereocenters. The van der Waals surface area contributed by atoms with Gasteiger partial charge in [0.1, 0.15) is 5.75 Å². The van der Waals surface area contributed by atoms with Crippen LogP contribution < -0.4 is 4.74 Å². The first-order valence-corrected chi connectivity index (χ1v) is 6.89. The van der Waals surface area contributed by atoms with Gasteiger partial charge in [0.15, 0.2) is 12.4 Å². The molecule has 2 rings (SSSR count). The molecule has 0 saturated heterocycles. The Hall–Kier alpha value is -2.09. The lowest BCUT2D eigenvalue weighted by Crippen LogP contribution is -2.11. The summed E-state index contributed by atoms with van der Waals surface area (Å²) in [4.78, 5) is 12.0. The number of carbonyl (C=O) groups is 1. The van der Waals surface area contributed by atoms with Gasteiger partial charge in [0, 0.05) is 5.56 Å². The van der Waals surface area contributed by atoms with E-state index in [0.717, 1.165) is 11.3 Å². The van der Waals surface area contributed by atoms with Gasteiger partial charge in [-0.1, -0.05) is 55.8 Å². The summed E-state index contributed by atoms with van der Waals surface area (Å²) in [5.74, 6) is 1.20. The zero-order chi connectivity index (χ0) is 14.5. The molecule has 2 nitrogen and oxygen atoms in total. The fraction of sp³-hybridized carbons (Fsp3) is 0.278. The van der Waals surface area contributed by atoms with E-state index in [-0.39, 0.29) is 12.4 Å². The van der Waals surface area contributed by atoms with E-state index in [1.807, 2.05) is 49.4 Å². The molecule has 20 heavy (non-hydrogen) atoms. The predicted octanol–water partition coefficient (Wildman–Crippen LogP) is 4.38. The highest BCUT2D eigenvalue weighted by Gasteiger charge is 2.07. The SMILES string of the molecule is Cc1ccc(C(=O)COc2cccc(C(C)C)c2)cc1. The molecule has 0 N–H and O–H groups in total. The predicted molar refractivity (Wildman–Crippen MR) is 81.5 cm³/mol. The Labute approximate surface area is 120 Å². The largest absolute Gasteiger partial charge is 0.485 e. The summed E-state index contributed by atoms with van der Waals surface area (Å²) in [6, 6.07) is 15.5. The van der Waals surface area contributed by atoms with Crippen molar-refractivity contribution >= 4 is 5.78 Å². The number of hydrogen-bond donors (Lipinski definition) is 0. The van der Waals surface area contributed by atoms with Gasteiger partial charge in [0.2, 0.25) is 0 Å². The van der Waals surface area contributed by atoms with Crippen molar-refractivity contribution in [2.75, 3.05) is 6.61 Å². The number of rotatable bonds is 5. The Kier molecular flexibility index (Phi) is 4.57. The van der Waals surface area contributed by atoms with E-state index in [9.17, 15) is 4.79 Å². The molecule has 0 heterocycles. The number of hydrogen-bond acceptors (Lipinski definition) is 2. The van der Waals surface area contributed by atoms with Gasteiger partial charge in [0.05, 0.1) is 0 Å². The summed E-state index contributed by atoms with van der Waals surface area (Å²) in [5, 5.41) is 0. The van der Waals surface area contributed by atoms with Crippen molar-refractivity contribution in [1.29, 1.82) is 0 Å². The molecule has 0 bridgehead atoms. The van der Waals surface area contributed by atoms with Crippen LogP contribution in [0.3, 0.4) is 0 Å². The highest BCUT2D eigenvalue weighted by molar-refractivity contribution is 5.97. The zero-order valence-corrected chi connectivity index (χ0v) is 12.2. The third-order valence-electron chi connectivity index (χ3n) is 3.27. The highest BCUT2D eigenvalue weighted by atomic mass is 16.5. The first-order valence-electron chi connectivity index (χ1n) is 6.89. The number of benzene rings is 2. The van der Waals surface area contributed by atoms with Gasteiger partial charge in [-0.15, -0.1) is 0 Å². The lowest BCUT2D eigenvalue weighted by molar-refractivity contribution is 0.0921. The Balaban J connectivity index is 1.99. The second-order valence-electron chi connectivity index (χ2n) is 5.31. The third kappa shape index (κ3) is 3.70. The molecule has 2 aromatic carbocycles. The second-order valence-corrected chi connectivity index (χ2v) is 5.31. The summed E-state index contributed by atoms with van der Waals surface area (Å²) in [7, 11) is 0. The van der Waals surface area contributed by atoms with Crippen molar-refractivity contribution in [3.8, 4) is 5.75 Å². The standard InChI is InChI=1S/C18H20O2/c1-13(2)16-5-4-6-17(11-16)20-12-18(19)15-9-7-14(3)8-10-15/h4-11,13H,12H2,1-3H3. The maximum Gasteiger partial charge on any atom is 0.200 e. The Morgan fingerprint density at radius 3 is 2.45 bits per heavy atom. The second kappa shape index (κ2) is 6.38. The molecule has 0 aliphatic carbocycles. The molecule has 0 radical (unpaired) electrons. The van der Waals surface area contributed by atoms with Crippen LogP contribution in [-0.2, 0) is 0 Å². The number of Topliss-reactive ketones (excluding diaryl/α,β-unsaturated/α-hetero) is 1. The molecular formula is C18H20O2. The van der Waals surface area contributed by atoms with E-state index in [2.05, 4.69) is 19.9 Å². The smallest absolute Gasteiger partial charge is 0.200 e. The van der Waals surface area contributed by atoms with Crippen LogP contribution in [0.4, 0.5) is 0 Å². The van der Waals surface area contributed by atoms with Gasteiger partial charge in [-0.25, -0.2) is 0 Å². The third-order valence-corrected chi connectivity index (χ3v) is 3.27. The fourth-order valence-corrected chi connectivity index (χ4v) is 1.94. The minimum atomic E-state index is -0.0000463. The van der Waals surface area contributed by atoms with Gasteiger partial charge in [0.25, 0.3) is 0 Å². The highest BCUT2D eigenvalue weighted by Crippen LogP contribution is 2.20. The van der Waals surface area contributed by atoms with Crippen LogP contribution in [0.5, 0.6) is 5.75 Å². The van der Waals surface area contributed by atoms with Crippen LogP contribution in [0.1, 0.15) is 41.3 Å². The number of carbonyl (C=O) groups excluding carboxylic acids is 1. The molecule has 0 aliphatic rings. The van der Waals surface area contributed by atoms with E-state index in [0.29, 0.717) is 11.5 Å². The zero-order valence-electron chi connectivity index (χ0n) is 12.2. The van der Waals surface area contributed by atoms with Crippen molar-refractivity contribution in [3.05, 3.63) is 65.2 Å². The normalized spacial score (nSPS) is 10.6. The van der Waals surface area contributed by atoms with Crippen molar-refractivity contribution in [2.24, 2.45) is 0 Å². The summed E-state index contributed by atoms with van der Waals surface area (Å²) in [5.41, 5.74) is 3.05. The molecule has 104 valence electrons. The summed E-state index contributed by atoms with van der Waals surface area (Å²) in [6.45, 7) is 6.35. The van der Waals surface area contributed by atoms with Gasteiger partial charge < -0.3 is 4.74 Å². The Bertz CT molecular complexity index is 583. The number of aryl methyl sites for hydroxylation is 1. The maximum atomic E-state index is 12.0. The van der Waals surface area contributed by atoms with Crippen LogP contribution in [0, 0.1) is 6.92 Å². The van der Waals surface area contributed by atoms with Gasteiger partial charge in [-0.3, -0.25) is 4.79 Å². The molecule has 2 heteroatoms. The minimum absolute atomic E-state index is 0.0000463. The van der Waals surface area contributed by atoms with Crippen molar-refractivity contribution < 1.29 is 9.53 Å². The van der Waals surface area contributed by atoms with Crippen molar-refractivity contribution in [2.45, 2.75) is 26.7 Å². The van der Waals surface area contributed by atoms with Gasteiger partial charge in [-0.2, -0.15) is 0 Å². The molecule has 0 aromatic heterocycles. The molecule has 0 atom stereocenters. The van der Waals surface area contributed by atoms with Crippen LogP contribution in [0.15, 0.2) is 48.5 Å². The average Bonchev–Trinajstić information content (AvgIpc) is 2.46. The Morgan fingerprint density at radius 1 is 1.10 bits per heavy atom. The lowest BCUT2D eigenvalue weighted by Gasteiger charge is -2.09. The molecule has 2 aromatic rings. The quantitative estimate of drug-likeness (QED) is 0.752. The lowest BCUT2D eigenvalue weighted by atomic mass is 10.0. The molecule has 0 spiro atoms. The van der Waals surface area contributed by atoms with Crippen LogP contribution in [0.2, 0.25) is 0 Å². The summed E-state index contributed by atoms with van der Waals surface area (Å²) < 4.78 is 5.59. The topological polar surface area (TPSA) is 26.3 Å². The molecule has 0 saturated carbocycles. The van der Waals surface area contributed by atoms with Gasteiger partial charge >= 0.3 is 0 Å².